The second-order valence-corrected chi connectivity index (χ2v) is 5.70. The molecule has 21 heavy (non-hydrogen) atoms. The lowest BCUT2D eigenvalue weighted by atomic mass is 10.1. The first-order chi connectivity index (χ1) is 10.1. The lowest BCUT2D eigenvalue weighted by Crippen LogP contribution is -2.34. The molecule has 116 valence electrons. The van der Waals surface area contributed by atoms with Crippen LogP contribution in [-0.2, 0) is 16.1 Å². The number of likely N-dealkylation sites (tertiary alicyclic amines) is 1. The Kier molecular flexibility index (Phi) is 5.38. The number of amides is 2. The van der Waals surface area contributed by atoms with Crippen molar-refractivity contribution in [2.24, 2.45) is 5.92 Å². The molecule has 0 spiro atoms. The summed E-state index contributed by atoms with van der Waals surface area (Å²) in [4.78, 5) is 27.8. The van der Waals surface area contributed by atoms with E-state index in [2.05, 4.69) is 10.2 Å². The molecule has 1 N–H and O–H groups in total. The summed E-state index contributed by atoms with van der Waals surface area (Å²) < 4.78 is 5.24. The van der Waals surface area contributed by atoms with Gasteiger partial charge in [0.2, 0.25) is 11.8 Å². The van der Waals surface area contributed by atoms with Crippen molar-refractivity contribution in [3.8, 4) is 0 Å². The smallest absolute Gasteiger partial charge is 0.225 e. The molecule has 0 aromatic carbocycles. The number of rotatable bonds is 7. The summed E-state index contributed by atoms with van der Waals surface area (Å²) in [6.45, 7) is 2.50. The molecule has 1 saturated heterocycles. The van der Waals surface area contributed by atoms with Crippen molar-refractivity contribution in [3.63, 3.8) is 0 Å². The van der Waals surface area contributed by atoms with E-state index >= 15 is 0 Å². The summed E-state index contributed by atoms with van der Waals surface area (Å²) in [6, 6.07) is 3.63. The summed E-state index contributed by atoms with van der Waals surface area (Å²) in [6.07, 6.45) is 2.79. The van der Waals surface area contributed by atoms with Gasteiger partial charge in [0.1, 0.15) is 5.76 Å². The molecular formula is C15H23N3O3. The molecule has 1 atom stereocenters. The topological polar surface area (TPSA) is 65.8 Å². The van der Waals surface area contributed by atoms with Crippen molar-refractivity contribution in [1.29, 1.82) is 0 Å². The SMILES string of the molecule is CN(C)CCCNC(=O)C1CC(=O)N(Cc2ccco2)C1. The normalized spacial score (nSPS) is 18.5. The molecule has 2 amide bonds. The van der Waals surface area contributed by atoms with E-state index in [1.165, 1.54) is 0 Å². The van der Waals surface area contributed by atoms with Crippen LogP contribution in [0.1, 0.15) is 18.6 Å². The first kappa shape index (κ1) is 15.6. The Morgan fingerprint density at radius 1 is 1.52 bits per heavy atom. The first-order valence-corrected chi connectivity index (χ1v) is 7.29. The molecule has 1 fully saturated rings. The number of carbonyl (C=O) groups excluding carboxylic acids is 2. The monoisotopic (exact) mass is 293 g/mol. The van der Waals surface area contributed by atoms with E-state index in [0.29, 0.717) is 26.1 Å². The highest BCUT2D eigenvalue weighted by atomic mass is 16.3. The number of hydrogen-bond donors (Lipinski definition) is 1. The first-order valence-electron chi connectivity index (χ1n) is 7.29. The van der Waals surface area contributed by atoms with Crippen molar-refractivity contribution in [1.82, 2.24) is 15.1 Å². The van der Waals surface area contributed by atoms with Crippen LogP contribution in [-0.4, -0.2) is 55.3 Å². The minimum absolute atomic E-state index is 0.0137. The molecule has 2 heterocycles. The van der Waals surface area contributed by atoms with Gasteiger partial charge in [-0.15, -0.1) is 0 Å². The van der Waals surface area contributed by atoms with Crippen molar-refractivity contribution in [2.75, 3.05) is 33.7 Å². The molecule has 1 aromatic heterocycles. The fraction of sp³-hybridized carbons (Fsp3) is 0.600. The highest BCUT2D eigenvalue weighted by Crippen LogP contribution is 2.20. The van der Waals surface area contributed by atoms with Gasteiger partial charge in [-0.2, -0.15) is 0 Å². The summed E-state index contributed by atoms with van der Waals surface area (Å²) in [5, 5.41) is 2.91. The van der Waals surface area contributed by atoms with E-state index in [4.69, 9.17) is 4.42 Å². The van der Waals surface area contributed by atoms with Gasteiger partial charge in [0.15, 0.2) is 0 Å². The van der Waals surface area contributed by atoms with Gasteiger partial charge in [-0.3, -0.25) is 9.59 Å². The third-order valence-corrected chi connectivity index (χ3v) is 3.59. The molecule has 1 aliphatic heterocycles. The Balaban J connectivity index is 1.75. The van der Waals surface area contributed by atoms with E-state index in [9.17, 15) is 9.59 Å². The van der Waals surface area contributed by atoms with E-state index in [1.54, 1.807) is 17.2 Å². The minimum Gasteiger partial charge on any atom is -0.467 e. The van der Waals surface area contributed by atoms with Gasteiger partial charge in [0.25, 0.3) is 0 Å². The molecule has 2 rings (SSSR count). The lowest BCUT2D eigenvalue weighted by molar-refractivity contribution is -0.129. The molecule has 0 saturated carbocycles. The van der Waals surface area contributed by atoms with Crippen LogP contribution in [0, 0.1) is 5.92 Å². The zero-order valence-corrected chi connectivity index (χ0v) is 12.7. The number of nitrogens with zero attached hydrogens (tertiary/aromatic N) is 2. The highest BCUT2D eigenvalue weighted by molar-refractivity contribution is 5.89. The van der Waals surface area contributed by atoms with Crippen LogP contribution in [0.5, 0.6) is 0 Å². The maximum atomic E-state index is 12.1. The Bertz CT molecular complexity index is 471. The maximum absolute atomic E-state index is 12.1. The predicted octanol–water partition coefficient (Wildman–Crippen LogP) is 0.696. The predicted molar refractivity (Wildman–Crippen MR) is 78.4 cm³/mol. The van der Waals surface area contributed by atoms with Crippen LogP contribution in [0.15, 0.2) is 22.8 Å². The third kappa shape index (κ3) is 4.60. The molecule has 6 heteroatoms. The van der Waals surface area contributed by atoms with Gasteiger partial charge in [-0.1, -0.05) is 0 Å². The molecule has 6 nitrogen and oxygen atoms in total. The lowest BCUT2D eigenvalue weighted by Gasteiger charge is -2.15. The van der Waals surface area contributed by atoms with E-state index < -0.39 is 0 Å². The van der Waals surface area contributed by atoms with Crippen molar-refractivity contribution in [2.45, 2.75) is 19.4 Å². The van der Waals surface area contributed by atoms with Crippen molar-refractivity contribution in [3.05, 3.63) is 24.2 Å². The summed E-state index contributed by atoms with van der Waals surface area (Å²) in [5.41, 5.74) is 0. The average molecular weight is 293 g/mol. The van der Waals surface area contributed by atoms with E-state index in [1.807, 2.05) is 20.2 Å². The van der Waals surface area contributed by atoms with E-state index in [-0.39, 0.29) is 17.7 Å². The van der Waals surface area contributed by atoms with Crippen LogP contribution in [0.2, 0.25) is 0 Å². The molecule has 1 aliphatic rings. The van der Waals surface area contributed by atoms with Crippen LogP contribution in [0.4, 0.5) is 0 Å². The highest BCUT2D eigenvalue weighted by Gasteiger charge is 2.34. The second-order valence-electron chi connectivity index (χ2n) is 5.70. The second kappa shape index (κ2) is 7.26. The Morgan fingerprint density at radius 3 is 3.00 bits per heavy atom. The number of carbonyl (C=O) groups is 2. The molecule has 1 unspecified atom stereocenters. The van der Waals surface area contributed by atoms with E-state index in [0.717, 1.165) is 18.7 Å². The van der Waals surface area contributed by atoms with Gasteiger partial charge in [0.05, 0.1) is 18.7 Å². The number of hydrogen-bond acceptors (Lipinski definition) is 4. The minimum atomic E-state index is -0.244. The number of furan rings is 1. The summed E-state index contributed by atoms with van der Waals surface area (Å²) in [5.74, 6) is 0.492. The van der Waals surface area contributed by atoms with Crippen LogP contribution < -0.4 is 5.32 Å². The Morgan fingerprint density at radius 2 is 2.33 bits per heavy atom. The number of nitrogens with one attached hydrogen (secondary N) is 1. The van der Waals surface area contributed by atoms with Crippen molar-refractivity contribution < 1.29 is 14.0 Å². The Hall–Kier alpha value is -1.82. The van der Waals surface area contributed by atoms with Crippen LogP contribution in [0.3, 0.4) is 0 Å². The average Bonchev–Trinajstić information content (AvgIpc) is 3.05. The third-order valence-electron chi connectivity index (χ3n) is 3.59. The van der Waals surface area contributed by atoms with Gasteiger partial charge in [-0.05, 0) is 39.2 Å². The summed E-state index contributed by atoms with van der Waals surface area (Å²) in [7, 11) is 4.01. The molecule has 0 aliphatic carbocycles. The standard InChI is InChI=1S/C15H23N3O3/c1-17(2)7-4-6-16-15(20)12-9-14(19)18(10-12)11-13-5-3-8-21-13/h3,5,8,12H,4,6-7,9-11H2,1-2H3,(H,16,20). The van der Waals surface area contributed by atoms with Crippen LogP contribution >= 0.6 is 0 Å². The largest absolute Gasteiger partial charge is 0.467 e. The molecule has 0 bridgehead atoms. The van der Waals surface area contributed by atoms with Gasteiger partial charge >= 0.3 is 0 Å². The maximum Gasteiger partial charge on any atom is 0.225 e. The fourth-order valence-electron chi connectivity index (χ4n) is 2.44. The molecule has 1 aromatic rings. The van der Waals surface area contributed by atoms with Crippen LogP contribution in [0.25, 0.3) is 0 Å². The molecule has 0 radical (unpaired) electrons. The zero-order chi connectivity index (χ0) is 15.2. The van der Waals surface area contributed by atoms with Gasteiger partial charge in [0, 0.05) is 19.5 Å². The van der Waals surface area contributed by atoms with Gasteiger partial charge in [-0.25, -0.2) is 0 Å². The molecular weight excluding hydrogens is 270 g/mol. The van der Waals surface area contributed by atoms with Crippen molar-refractivity contribution >= 4 is 11.8 Å². The van der Waals surface area contributed by atoms with Gasteiger partial charge < -0.3 is 19.5 Å². The quantitative estimate of drug-likeness (QED) is 0.751. The summed E-state index contributed by atoms with van der Waals surface area (Å²) >= 11 is 0. The zero-order valence-electron chi connectivity index (χ0n) is 12.7. The Labute approximate surface area is 125 Å². The fourth-order valence-corrected chi connectivity index (χ4v) is 2.44.